The molecule has 19 aromatic rings. The maximum absolute atomic E-state index is 2.34. The van der Waals surface area contributed by atoms with Crippen molar-refractivity contribution in [3.05, 3.63) is 443 Å². The van der Waals surface area contributed by atoms with Gasteiger partial charge < -0.3 is 0 Å². The zero-order valence-corrected chi connectivity index (χ0v) is 61.7. The third-order valence-corrected chi connectivity index (χ3v) is 23.1. The zero-order valence-electron chi connectivity index (χ0n) is 61.7. The second-order valence-corrected chi connectivity index (χ2v) is 29.8. The van der Waals surface area contributed by atoms with Crippen molar-refractivity contribution in [1.29, 1.82) is 0 Å². The van der Waals surface area contributed by atoms with E-state index in [1.54, 1.807) is 0 Å². The van der Waals surface area contributed by atoms with Gasteiger partial charge in [0, 0.05) is 0 Å². The van der Waals surface area contributed by atoms with E-state index >= 15 is 0 Å². The van der Waals surface area contributed by atoms with Gasteiger partial charge in [0.2, 0.25) is 0 Å². The molecule has 518 valence electrons. The lowest BCUT2D eigenvalue weighted by Crippen LogP contribution is -1.87. The number of hydrogen-bond acceptors (Lipinski definition) is 0. The summed E-state index contributed by atoms with van der Waals surface area (Å²) in [5, 5.41) is 19.1. The molecule has 25 rings (SSSR count). The van der Waals surface area contributed by atoms with Crippen LogP contribution in [-0.4, -0.2) is 0 Å². The Kier molecular flexibility index (Phi) is 17.8. The fourth-order valence-corrected chi connectivity index (χ4v) is 18.3. The van der Waals surface area contributed by atoms with Crippen molar-refractivity contribution in [3.63, 3.8) is 0 Å². The Bertz CT molecular complexity index is 6590. The van der Waals surface area contributed by atoms with Crippen LogP contribution in [0.4, 0.5) is 0 Å². The monoisotopic (exact) mass is 1390 g/mol. The van der Waals surface area contributed by atoms with E-state index in [1.807, 2.05) is 0 Å². The van der Waals surface area contributed by atoms with Gasteiger partial charge in [-0.05, 0) is 254 Å². The fourth-order valence-electron chi connectivity index (χ4n) is 18.3. The van der Waals surface area contributed by atoms with Crippen LogP contribution in [0.25, 0.3) is 142 Å². The molecule has 0 nitrogen and oxygen atoms in total. The van der Waals surface area contributed by atoms with E-state index in [9.17, 15) is 0 Å². The molecule has 0 aliphatic heterocycles. The lowest BCUT2D eigenvalue weighted by molar-refractivity contribution is 1.09. The van der Waals surface area contributed by atoms with Crippen LogP contribution < -0.4 is 0 Å². The van der Waals surface area contributed by atoms with Crippen LogP contribution in [0.15, 0.2) is 376 Å². The Morgan fingerprint density at radius 2 is 0.440 bits per heavy atom. The van der Waals surface area contributed by atoms with Crippen LogP contribution in [0, 0.1) is 0 Å². The molecule has 19 aromatic carbocycles. The van der Waals surface area contributed by atoms with Crippen LogP contribution in [0.2, 0.25) is 0 Å². The number of rotatable bonds is 0. The molecule has 0 radical (unpaired) electrons. The van der Waals surface area contributed by atoms with E-state index in [0.29, 0.717) is 0 Å². The van der Waals surface area contributed by atoms with Crippen molar-refractivity contribution in [1.82, 2.24) is 0 Å². The Labute approximate surface area is 639 Å². The molecule has 0 bridgehead atoms. The van der Waals surface area contributed by atoms with Gasteiger partial charge in [0.25, 0.3) is 0 Å². The summed E-state index contributed by atoms with van der Waals surface area (Å²) in [6.07, 6.45) is 7.70. The van der Waals surface area contributed by atoms with E-state index in [-0.39, 0.29) is 0 Å². The summed E-state index contributed by atoms with van der Waals surface area (Å²) in [6.45, 7) is 4.25. The van der Waals surface area contributed by atoms with Gasteiger partial charge in [-0.25, -0.2) is 0 Å². The van der Waals surface area contributed by atoms with Gasteiger partial charge >= 0.3 is 0 Å². The summed E-state index contributed by atoms with van der Waals surface area (Å²) in [6, 6.07) is 136. The van der Waals surface area contributed by atoms with Crippen LogP contribution in [-0.2, 0) is 38.5 Å². The van der Waals surface area contributed by atoms with Crippen LogP contribution in [0.5, 0.6) is 0 Å². The number of fused-ring (bicyclic) bond motifs is 32. The third-order valence-electron chi connectivity index (χ3n) is 23.1. The minimum Gasteiger partial charge on any atom is -0.0656 e. The highest BCUT2D eigenvalue weighted by molar-refractivity contribution is 6.17. The predicted molar refractivity (Wildman–Crippen MR) is 467 cm³/mol. The van der Waals surface area contributed by atoms with Gasteiger partial charge in [0.1, 0.15) is 0 Å². The second kappa shape index (κ2) is 29.0. The first-order chi connectivity index (χ1) is 54.0. The van der Waals surface area contributed by atoms with Crippen LogP contribution in [0.3, 0.4) is 0 Å². The van der Waals surface area contributed by atoms with Crippen molar-refractivity contribution in [2.45, 2.75) is 58.8 Å². The number of benzene rings is 19. The Morgan fingerprint density at radius 1 is 0.156 bits per heavy atom. The molecule has 0 amide bonds. The molecule has 0 atom stereocenters. The third kappa shape index (κ3) is 12.3. The van der Waals surface area contributed by atoms with E-state index in [1.165, 1.54) is 215 Å². The van der Waals surface area contributed by atoms with Crippen molar-refractivity contribution >= 4 is 75.4 Å². The van der Waals surface area contributed by atoms with Crippen LogP contribution in [0.1, 0.15) is 87.0 Å². The summed E-state index contributed by atoms with van der Waals surface area (Å²) in [5.74, 6) is 0. The molecule has 0 heteroatoms. The van der Waals surface area contributed by atoms with Gasteiger partial charge in [0.15, 0.2) is 0 Å². The van der Waals surface area contributed by atoms with Crippen molar-refractivity contribution in [3.8, 4) is 66.8 Å². The largest absolute Gasteiger partial charge is 0.0656 e. The summed E-state index contributed by atoms with van der Waals surface area (Å²) >= 11 is 0. The first-order valence-corrected chi connectivity index (χ1v) is 39.0. The van der Waals surface area contributed by atoms with Crippen molar-refractivity contribution in [2.24, 2.45) is 0 Å². The molecule has 0 spiro atoms. The molecule has 6 aliphatic carbocycles. The maximum Gasteiger partial charge on any atom is -0.000705 e. The molecule has 0 unspecified atom stereocenters. The smallest absolute Gasteiger partial charge is 0.000705 e. The minimum absolute atomic E-state index is 1.05. The van der Waals surface area contributed by atoms with Crippen LogP contribution >= 0.6 is 0 Å². The number of hydrogen-bond donors (Lipinski definition) is 0. The minimum atomic E-state index is 1.05. The SMILES string of the molecule is CCC.c1ccc2c(c1)Cc1c-2c2ccccc2c2ccccc12.c1ccc2c(c1)Cc1c-2ccc2ccccc12.c1ccc2c(c1)Cc1cc3ccccc3cc1-2.c1ccc2c(c1)Cc1ccc3ccccc3c1-2.c1ccc2c(c1)Cc1ccccc1-2.c1ccc2c3c(ccc2c1)Cc1ccc2ccccc2c1-3. The molecule has 0 saturated carbocycles. The summed E-state index contributed by atoms with van der Waals surface area (Å²) in [5.41, 5.74) is 34.7. The Balaban J connectivity index is 0.0000000886. The average molecular weight is 1390 g/mol. The highest BCUT2D eigenvalue weighted by atomic mass is 14.3. The highest BCUT2D eigenvalue weighted by Gasteiger charge is 2.27. The quantitative estimate of drug-likeness (QED) is 0.133. The predicted octanol–water partition coefficient (Wildman–Crippen LogP) is 29.0. The second-order valence-electron chi connectivity index (χ2n) is 29.8. The molecule has 0 heterocycles. The van der Waals surface area contributed by atoms with Gasteiger partial charge in [-0.15, -0.1) is 0 Å². The van der Waals surface area contributed by atoms with Crippen molar-refractivity contribution < 1.29 is 0 Å². The summed E-state index contributed by atoms with van der Waals surface area (Å²) < 4.78 is 0. The molecule has 6 aliphatic rings. The maximum atomic E-state index is 2.34. The molecule has 0 saturated heterocycles. The molecule has 109 heavy (non-hydrogen) atoms. The fraction of sp³-hybridized carbons (Fsp3) is 0.0826. The lowest BCUT2D eigenvalue weighted by Gasteiger charge is -2.12. The van der Waals surface area contributed by atoms with Gasteiger partial charge in [-0.2, -0.15) is 0 Å². The summed E-state index contributed by atoms with van der Waals surface area (Å²) in [7, 11) is 0. The highest BCUT2D eigenvalue weighted by Crippen LogP contribution is 2.49. The molecular weight excluding hydrogens is 1310 g/mol. The van der Waals surface area contributed by atoms with E-state index in [0.717, 1.165) is 38.5 Å². The molecule has 0 N–H and O–H groups in total. The Morgan fingerprint density at radius 3 is 0.954 bits per heavy atom. The molecular formula is C109H82. The Hall–Kier alpha value is -13.0. The normalized spacial score (nSPS) is 12.3. The first-order valence-electron chi connectivity index (χ1n) is 39.0. The van der Waals surface area contributed by atoms with E-state index in [2.05, 4.69) is 390 Å². The topological polar surface area (TPSA) is 0 Å². The van der Waals surface area contributed by atoms with Gasteiger partial charge in [0.05, 0.1) is 0 Å². The first kappa shape index (κ1) is 66.7. The van der Waals surface area contributed by atoms with Gasteiger partial charge in [-0.3, -0.25) is 0 Å². The lowest BCUT2D eigenvalue weighted by atomic mass is 9.92. The standard InChI is InChI=1S/2C21H14.3C17H12.C13H10.C3H8/c1-3-7-18-14(5-1)9-11-16-13-17-12-10-15-6-2-4-8-19(15)21(17)20(16)18;1-2-8-15-14(7-1)13-20-18-11-4-3-9-16(18)17-10-5-6-12-19(17)21(15)20;1-3-7-15-12(5-1)9-10-14-11-13-6-2-4-8-16(13)17(14)15;1-3-7-14-12(5-1)9-10-16-15-8-4-2-6-13(15)11-17(14)16;1-2-6-13-11-17-15(9-12(13)5-1)10-14-7-3-4-8-16(14)17;1-3-7-12-10(5-1)9-11-6-2-4-8-13(11)12;1-3-2/h2*1-12H,13H2;2*1-10H,11H2;1-9,11H,10H2;1-8H,9H2;3H2,1-2H3. The van der Waals surface area contributed by atoms with E-state index < -0.39 is 0 Å². The average Bonchev–Trinajstić information content (AvgIpc) is 1.60. The van der Waals surface area contributed by atoms with Gasteiger partial charge in [-0.1, -0.05) is 390 Å². The van der Waals surface area contributed by atoms with E-state index in [4.69, 9.17) is 0 Å². The summed E-state index contributed by atoms with van der Waals surface area (Å²) in [4.78, 5) is 0. The van der Waals surface area contributed by atoms with Crippen molar-refractivity contribution in [2.75, 3.05) is 0 Å². The molecule has 0 aromatic heterocycles. The molecule has 0 fully saturated rings. The zero-order chi connectivity index (χ0) is 72.7.